The van der Waals surface area contributed by atoms with Gasteiger partial charge < -0.3 is 39.9 Å². The Balaban J connectivity index is 1.29. The average Bonchev–Trinajstić information content (AvgIpc) is 3.95. The Morgan fingerprint density at radius 1 is 0.895 bits per heavy atom. The first-order chi connectivity index (χ1) is 27.1. The Labute approximate surface area is 331 Å². The zero-order chi connectivity index (χ0) is 41.0. The van der Waals surface area contributed by atoms with Gasteiger partial charge in [0, 0.05) is 37.5 Å². The Bertz CT molecular complexity index is 1840. The van der Waals surface area contributed by atoms with Crippen molar-refractivity contribution in [1.29, 1.82) is 0 Å². The first-order valence-corrected chi connectivity index (χ1v) is 19.9. The number of rotatable bonds is 6. The number of amides is 7. The zero-order valence-corrected chi connectivity index (χ0v) is 33.2. The van der Waals surface area contributed by atoms with E-state index in [-0.39, 0.29) is 36.7 Å². The number of nitrogens with one attached hydrogen (secondary N) is 4. The third-order valence-electron chi connectivity index (χ3n) is 11.1. The molecule has 57 heavy (non-hydrogen) atoms. The highest BCUT2D eigenvalue weighted by molar-refractivity contribution is 5.98. The van der Waals surface area contributed by atoms with Crippen LogP contribution in [-0.4, -0.2) is 124 Å². The van der Waals surface area contributed by atoms with Gasteiger partial charge in [-0.15, -0.1) is 0 Å². The molecule has 7 atom stereocenters. The van der Waals surface area contributed by atoms with Crippen molar-refractivity contribution in [3.05, 3.63) is 47.7 Å². The summed E-state index contributed by atoms with van der Waals surface area (Å²) >= 11 is 0. The predicted octanol–water partition coefficient (Wildman–Crippen LogP) is 1.86. The van der Waals surface area contributed by atoms with E-state index in [0.29, 0.717) is 56.4 Å². The minimum absolute atomic E-state index is 0.0330. The van der Waals surface area contributed by atoms with Crippen LogP contribution in [0.3, 0.4) is 0 Å². The van der Waals surface area contributed by atoms with Gasteiger partial charge in [0.15, 0.2) is 5.82 Å². The monoisotopic (exact) mass is 790 g/mol. The lowest BCUT2D eigenvalue weighted by atomic mass is 9.93. The molecule has 1 aromatic carbocycles. The largest absolute Gasteiger partial charge is 0.461 e. The van der Waals surface area contributed by atoms with Crippen LogP contribution in [0.2, 0.25) is 0 Å². The number of urea groups is 1. The second-order valence-electron chi connectivity index (χ2n) is 16.7. The normalized spacial score (nSPS) is 26.8. The Kier molecular flexibility index (Phi) is 12.5. The van der Waals surface area contributed by atoms with Crippen LogP contribution in [0.5, 0.6) is 0 Å². The van der Waals surface area contributed by atoms with Crippen molar-refractivity contribution >= 4 is 47.4 Å². The fourth-order valence-electron chi connectivity index (χ4n) is 8.05. The molecule has 2 aromatic rings. The van der Waals surface area contributed by atoms with Crippen LogP contribution >= 0.6 is 0 Å². The summed E-state index contributed by atoms with van der Waals surface area (Å²) in [5, 5.41) is 14.7. The minimum atomic E-state index is -1.46. The fraction of sp³-hybridized carbons (Fsp3) is 0.600. The van der Waals surface area contributed by atoms with Gasteiger partial charge in [-0.1, -0.05) is 63.2 Å². The fourth-order valence-corrected chi connectivity index (χ4v) is 8.05. The number of benzene rings is 1. The topological polar surface area (TPSA) is 213 Å². The van der Waals surface area contributed by atoms with E-state index in [2.05, 4.69) is 26.4 Å². The number of aromatic nitrogens is 1. The third kappa shape index (κ3) is 9.56. The molecular formula is C40H54N8O9. The van der Waals surface area contributed by atoms with Gasteiger partial charge in [-0.2, -0.15) is 0 Å². The lowest BCUT2D eigenvalue weighted by molar-refractivity contribution is -0.158. The number of fused-ring (bicyclic) bond motifs is 3. The number of ether oxygens (including phenoxy) is 1. The van der Waals surface area contributed by atoms with Gasteiger partial charge in [0.05, 0.1) is 0 Å². The van der Waals surface area contributed by atoms with Gasteiger partial charge in [0.1, 0.15) is 48.6 Å². The summed E-state index contributed by atoms with van der Waals surface area (Å²) in [5.74, 6) is -2.88. The summed E-state index contributed by atoms with van der Waals surface area (Å²) in [5.41, 5.74) is 0.343. The highest BCUT2D eigenvalue weighted by atomic mass is 16.5. The molecule has 0 aliphatic carbocycles. The standard InChI is InChI=1S/C40H54N8O9/c1-23-18-30-38(54)56-22-27(42-33(49)26(19-25-12-7-6-8-13-25)43-39(55)44-32-20-31(57-45-32)40(3,4)5)36(52)47-17-11-15-29(47)37(53)46-16-10-9-14-28(46)34(50)41-24(2)35(51)48(30)21-23/h6-8,12-13,20,23-24,26-30H,9-11,14-19,21-22H2,1-5H3,(H,41,50)(H,42,49)(H2,43,44,45,55). The molecule has 5 heterocycles. The summed E-state index contributed by atoms with van der Waals surface area (Å²) < 4.78 is 11.1. The second kappa shape index (κ2) is 17.3. The third-order valence-corrected chi connectivity index (χ3v) is 11.1. The Morgan fingerprint density at radius 2 is 1.60 bits per heavy atom. The van der Waals surface area contributed by atoms with Crippen LogP contribution < -0.4 is 21.3 Å². The van der Waals surface area contributed by atoms with Crippen molar-refractivity contribution in [2.75, 3.05) is 31.6 Å². The molecule has 0 bridgehead atoms. The molecule has 0 saturated carbocycles. The molecule has 308 valence electrons. The molecule has 4 fully saturated rings. The number of carbonyl (C=O) groups excluding carboxylic acids is 7. The van der Waals surface area contributed by atoms with Gasteiger partial charge in [-0.25, -0.2) is 9.59 Å². The summed E-state index contributed by atoms with van der Waals surface area (Å²) in [6.07, 6.45) is 2.93. The first kappa shape index (κ1) is 41.2. The number of carbonyl (C=O) groups is 7. The number of cyclic esters (lactones) is 1. The van der Waals surface area contributed by atoms with E-state index < -0.39 is 84.4 Å². The molecule has 7 amide bonds. The van der Waals surface area contributed by atoms with Crippen molar-refractivity contribution in [2.24, 2.45) is 5.92 Å². The lowest BCUT2D eigenvalue weighted by Gasteiger charge is -2.39. The second-order valence-corrected chi connectivity index (χ2v) is 16.7. The molecule has 0 spiro atoms. The predicted molar refractivity (Wildman–Crippen MR) is 205 cm³/mol. The molecule has 7 unspecified atom stereocenters. The van der Waals surface area contributed by atoms with Gasteiger partial charge >= 0.3 is 12.0 Å². The summed E-state index contributed by atoms with van der Waals surface area (Å²) in [6, 6.07) is 3.40. The smallest absolute Gasteiger partial charge is 0.328 e. The number of piperidine rings is 1. The van der Waals surface area contributed by atoms with E-state index >= 15 is 0 Å². The minimum Gasteiger partial charge on any atom is -0.461 e. The number of hydrogen-bond acceptors (Lipinski definition) is 10. The highest BCUT2D eigenvalue weighted by Gasteiger charge is 2.46. The molecule has 0 radical (unpaired) electrons. The van der Waals surface area contributed by atoms with Crippen LogP contribution in [0.25, 0.3) is 0 Å². The molecule has 6 rings (SSSR count). The lowest BCUT2D eigenvalue weighted by Crippen LogP contribution is -2.62. The Hall–Kier alpha value is -5.48. The Morgan fingerprint density at radius 3 is 2.32 bits per heavy atom. The van der Waals surface area contributed by atoms with E-state index in [1.807, 2.05) is 33.8 Å². The number of esters is 1. The average molecular weight is 791 g/mol. The first-order valence-electron chi connectivity index (χ1n) is 19.9. The number of hydrogen-bond donors (Lipinski definition) is 4. The number of anilines is 1. The van der Waals surface area contributed by atoms with Gasteiger partial charge in [-0.05, 0) is 56.9 Å². The highest BCUT2D eigenvalue weighted by Crippen LogP contribution is 2.28. The molecule has 4 aliphatic rings. The van der Waals surface area contributed by atoms with E-state index in [1.165, 1.54) is 14.7 Å². The maximum absolute atomic E-state index is 14.5. The van der Waals surface area contributed by atoms with Crippen LogP contribution in [0.4, 0.5) is 10.6 Å². The van der Waals surface area contributed by atoms with E-state index in [4.69, 9.17) is 9.26 Å². The van der Waals surface area contributed by atoms with Crippen LogP contribution in [-0.2, 0) is 45.3 Å². The van der Waals surface area contributed by atoms with Crippen LogP contribution in [0, 0.1) is 5.92 Å². The van der Waals surface area contributed by atoms with E-state index in [1.54, 1.807) is 37.3 Å². The van der Waals surface area contributed by atoms with Crippen LogP contribution in [0.1, 0.15) is 84.5 Å². The number of nitrogens with zero attached hydrogens (tertiary/aromatic N) is 4. The zero-order valence-electron chi connectivity index (χ0n) is 33.2. The molecule has 4 aliphatic heterocycles. The quantitative estimate of drug-likeness (QED) is 0.312. The molecule has 1 aromatic heterocycles. The van der Waals surface area contributed by atoms with Crippen molar-refractivity contribution in [3.8, 4) is 0 Å². The van der Waals surface area contributed by atoms with Gasteiger partial charge in [0.2, 0.25) is 29.5 Å². The summed E-state index contributed by atoms with van der Waals surface area (Å²) in [7, 11) is 0. The maximum Gasteiger partial charge on any atom is 0.328 e. The van der Waals surface area contributed by atoms with E-state index in [0.717, 1.165) is 0 Å². The van der Waals surface area contributed by atoms with Crippen molar-refractivity contribution in [2.45, 2.75) is 121 Å². The van der Waals surface area contributed by atoms with Gasteiger partial charge in [-0.3, -0.25) is 29.3 Å². The molecule has 4 saturated heterocycles. The summed E-state index contributed by atoms with van der Waals surface area (Å²) in [6.45, 7) is 9.40. The van der Waals surface area contributed by atoms with E-state index in [9.17, 15) is 33.6 Å². The van der Waals surface area contributed by atoms with Crippen LogP contribution in [0.15, 0.2) is 40.9 Å². The molecule has 17 heteroatoms. The molecule has 17 nitrogen and oxygen atoms in total. The maximum atomic E-state index is 14.5. The van der Waals surface area contributed by atoms with Crippen molar-refractivity contribution < 1.29 is 42.8 Å². The van der Waals surface area contributed by atoms with Crippen molar-refractivity contribution in [3.63, 3.8) is 0 Å². The summed E-state index contributed by atoms with van der Waals surface area (Å²) in [4.78, 5) is 102. The molecular weight excluding hydrogens is 736 g/mol. The van der Waals surface area contributed by atoms with Gasteiger partial charge in [0.25, 0.3) is 0 Å². The SMILES string of the molecule is CC1CC2C(=O)OCC(NC(=O)C(Cc3ccccc3)NC(=O)Nc3cc(C(C)(C)C)on3)C(=O)N3CCCC3C(=O)N3CCCCC3C(=O)NC(C)C(=O)N2C1. The van der Waals surface area contributed by atoms with Crippen molar-refractivity contribution in [1.82, 2.24) is 35.8 Å². The molecule has 4 N–H and O–H groups in total.